The van der Waals surface area contributed by atoms with Crippen LogP contribution < -0.4 is 16.0 Å². The van der Waals surface area contributed by atoms with Crippen LogP contribution in [0.5, 0.6) is 0 Å². The molecule has 2 aromatic rings. The Labute approximate surface area is 182 Å². The second kappa shape index (κ2) is 10.4. The van der Waals surface area contributed by atoms with E-state index in [4.69, 9.17) is 4.74 Å². The van der Waals surface area contributed by atoms with E-state index in [1.54, 1.807) is 36.4 Å². The summed E-state index contributed by atoms with van der Waals surface area (Å²) in [7, 11) is 0. The highest BCUT2D eigenvalue weighted by Gasteiger charge is 2.26. The zero-order chi connectivity index (χ0) is 23.0. The monoisotopic (exact) mass is 423 g/mol. The zero-order valence-electron chi connectivity index (χ0n) is 18.3. The van der Waals surface area contributed by atoms with Crippen LogP contribution in [0.25, 0.3) is 0 Å². The van der Waals surface area contributed by atoms with Crippen LogP contribution in [0.4, 0.5) is 10.5 Å². The third kappa shape index (κ3) is 7.97. The summed E-state index contributed by atoms with van der Waals surface area (Å²) in [5.74, 6) is -0.932. The molecule has 0 aliphatic rings. The Morgan fingerprint density at radius 3 is 2.19 bits per heavy atom. The summed E-state index contributed by atoms with van der Waals surface area (Å²) in [5.41, 5.74) is 1.82. The molecule has 0 aromatic heterocycles. The van der Waals surface area contributed by atoms with E-state index in [0.29, 0.717) is 11.3 Å². The number of rotatable bonds is 7. The largest absolute Gasteiger partial charge is 0.444 e. The fourth-order valence-corrected chi connectivity index (χ4v) is 2.63. The molecule has 31 heavy (non-hydrogen) atoms. The fourth-order valence-electron chi connectivity index (χ4n) is 2.63. The lowest BCUT2D eigenvalue weighted by Gasteiger charge is -2.26. The van der Waals surface area contributed by atoms with E-state index in [1.807, 2.05) is 45.9 Å². The predicted octanol–water partition coefficient (Wildman–Crippen LogP) is 3.87. The van der Waals surface area contributed by atoms with Gasteiger partial charge in [-0.2, -0.15) is 0 Å². The zero-order valence-corrected chi connectivity index (χ0v) is 18.3. The Kier molecular flexibility index (Phi) is 7.96. The van der Waals surface area contributed by atoms with Crippen molar-refractivity contribution >= 4 is 23.6 Å². The highest BCUT2D eigenvalue weighted by Crippen LogP contribution is 2.15. The van der Waals surface area contributed by atoms with E-state index in [1.165, 1.54) is 0 Å². The molecule has 2 rings (SSSR count). The normalized spacial score (nSPS) is 11.7. The van der Waals surface area contributed by atoms with E-state index < -0.39 is 23.6 Å². The Morgan fingerprint density at radius 2 is 1.61 bits per heavy atom. The second-order valence-corrected chi connectivity index (χ2v) is 8.23. The quantitative estimate of drug-likeness (QED) is 0.589. The molecule has 7 nitrogen and oxygen atoms in total. The lowest BCUT2D eigenvalue weighted by atomic mass is 10.0. The van der Waals surface area contributed by atoms with Crippen LogP contribution in [0.3, 0.4) is 0 Å². The third-order valence-electron chi connectivity index (χ3n) is 4.17. The first kappa shape index (κ1) is 23.7. The topological polar surface area (TPSA) is 96.5 Å². The van der Waals surface area contributed by atoms with Crippen LogP contribution in [0.1, 0.15) is 37.9 Å². The van der Waals surface area contributed by atoms with Crippen LogP contribution >= 0.6 is 0 Å². The van der Waals surface area contributed by atoms with Gasteiger partial charge in [0.15, 0.2) is 0 Å². The molecule has 0 saturated carbocycles. The Balaban J connectivity index is 1.97. The Morgan fingerprint density at radius 1 is 1.00 bits per heavy atom. The van der Waals surface area contributed by atoms with Gasteiger partial charge in [0, 0.05) is 16.8 Å². The maximum atomic E-state index is 12.8. The number of hydrogen-bond donors (Lipinski definition) is 3. The minimum absolute atomic E-state index is 0.0172. The molecule has 0 spiro atoms. The van der Waals surface area contributed by atoms with Gasteiger partial charge in [0.05, 0.1) is 0 Å². The molecule has 7 heteroatoms. The standard InChI is InChI=1S/C24H29N3O4/c1-16-11-13-19(14-12-16)25-23(30)31-15-17(2)21(28)26-20(18-9-7-6-8-10-18)22(29)27-24(3,4)5/h6-14,20H,2,15H2,1,3-5H3,(H,25,30)(H,26,28)(H,27,29). The first-order valence-corrected chi connectivity index (χ1v) is 9.91. The molecule has 0 radical (unpaired) electrons. The van der Waals surface area contributed by atoms with Crippen molar-refractivity contribution in [3.05, 3.63) is 77.9 Å². The van der Waals surface area contributed by atoms with Gasteiger partial charge in [-0.3, -0.25) is 14.9 Å². The highest BCUT2D eigenvalue weighted by molar-refractivity contribution is 5.97. The molecular weight excluding hydrogens is 394 g/mol. The molecule has 0 aliphatic heterocycles. The van der Waals surface area contributed by atoms with Crippen molar-refractivity contribution in [1.29, 1.82) is 0 Å². The minimum atomic E-state index is -0.911. The van der Waals surface area contributed by atoms with Crippen molar-refractivity contribution in [3.63, 3.8) is 0 Å². The van der Waals surface area contributed by atoms with Crippen molar-refractivity contribution in [2.75, 3.05) is 11.9 Å². The van der Waals surface area contributed by atoms with Gasteiger partial charge in [-0.15, -0.1) is 0 Å². The van der Waals surface area contributed by atoms with Crippen molar-refractivity contribution < 1.29 is 19.1 Å². The minimum Gasteiger partial charge on any atom is -0.444 e. The molecular formula is C24H29N3O4. The summed E-state index contributed by atoms with van der Waals surface area (Å²) in [5, 5.41) is 8.11. The summed E-state index contributed by atoms with van der Waals surface area (Å²) in [6.07, 6.45) is -0.706. The molecule has 0 heterocycles. The lowest BCUT2D eigenvalue weighted by Crippen LogP contribution is -2.48. The molecule has 3 amide bonds. The number of ether oxygens (including phenoxy) is 1. The van der Waals surface area contributed by atoms with Crippen LogP contribution in [0.15, 0.2) is 66.7 Å². The SMILES string of the molecule is C=C(COC(=O)Nc1ccc(C)cc1)C(=O)NC(C(=O)NC(C)(C)C)c1ccccc1. The number of amides is 3. The lowest BCUT2D eigenvalue weighted by molar-refractivity contribution is -0.128. The summed E-state index contributed by atoms with van der Waals surface area (Å²) in [6, 6.07) is 15.2. The molecule has 0 aliphatic carbocycles. The fraction of sp³-hybridized carbons (Fsp3) is 0.292. The van der Waals surface area contributed by atoms with E-state index in [0.717, 1.165) is 5.56 Å². The highest BCUT2D eigenvalue weighted by atomic mass is 16.5. The smallest absolute Gasteiger partial charge is 0.411 e. The van der Waals surface area contributed by atoms with E-state index in [-0.39, 0.29) is 18.1 Å². The van der Waals surface area contributed by atoms with Gasteiger partial charge < -0.3 is 15.4 Å². The van der Waals surface area contributed by atoms with E-state index in [9.17, 15) is 14.4 Å². The van der Waals surface area contributed by atoms with Crippen LogP contribution in [0.2, 0.25) is 0 Å². The first-order valence-electron chi connectivity index (χ1n) is 9.91. The Hall–Kier alpha value is -3.61. The number of hydrogen-bond acceptors (Lipinski definition) is 4. The van der Waals surface area contributed by atoms with Crippen LogP contribution in [-0.2, 0) is 14.3 Å². The van der Waals surface area contributed by atoms with Gasteiger partial charge in [0.2, 0.25) is 5.91 Å². The summed E-state index contributed by atoms with van der Waals surface area (Å²) >= 11 is 0. The molecule has 0 fully saturated rings. The molecule has 0 saturated heterocycles. The predicted molar refractivity (Wildman–Crippen MR) is 121 cm³/mol. The average Bonchev–Trinajstić information content (AvgIpc) is 2.71. The van der Waals surface area contributed by atoms with Crippen molar-refractivity contribution in [1.82, 2.24) is 10.6 Å². The van der Waals surface area contributed by atoms with Gasteiger partial charge in [-0.05, 0) is 45.4 Å². The summed E-state index contributed by atoms with van der Waals surface area (Å²) in [6.45, 7) is 10.9. The number of carbonyl (C=O) groups is 3. The summed E-state index contributed by atoms with van der Waals surface area (Å²) < 4.78 is 5.08. The van der Waals surface area contributed by atoms with Crippen LogP contribution in [0, 0.1) is 6.92 Å². The third-order valence-corrected chi connectivity index (χ3v) is 4.17. The molecule has 1 unspecified atom stereocenters. The van der Waals surface area contributed by atoms with Gasteiger partial charge in [0.25, 0.3) is 5.91 Å². The number of benzene rings is 2. The Bertz CT molecular complexity index is 932. The average molecular weight is 424 g/mol. The summed E-state index contributed by atoms with van der Waals surface area (Å²) in [4.78, 5) is 37.3. The van der Waals surface area contributed by atoms with Crippen molar-refractivity contribution in [2.45, 2.75) is 39.3 Å². The van der Waals surface area contributed by atoms with Gasteiger partial charge in [-0.25, -0.2) is 4.79 Å². The molecule has 164 valence electrons. The van der Waals surface area contributed by atoms with E-state index >= 15 is 0 Å². The molecule has 2 aromatic carbocycles. The molecule has 0 bridgehead atoms. The van der Waals surface area contributed by atoms with Crippen LogP contribution in [-0.4, -0.2) is 30.1 Å². The number of aryl methyl sites for hydroxylation is 1. The van der Waals surface area contributed by atoms with E-state index in [2.05, 4.69) is 22.5 Å². The number of anilines is 1. The second-order valence-electron chi connectivity index (χ2n) is 8.23. The number of carbonyl (C=O) groups excluding carboxylic acids is 3. The van der Waals surface area contributed by atoms with Gasteiger partial charge in [0.1, 0.15) is 12.6 Å². The van der Waals surface area contributed by atoms with Gasteiger partial charge in [-0.1, -0.05) is 54.6 Å². The van der Waals surface area contributed by atoms with Crippen molar-refractivity contribution in [3.8, 4) is 0 Å². The number of nitrogens with one attached hydrogen (secondary N) is 3. The molecule has 3 N–H and O–H groups in total. The molecule has 1 atom stereocenters. The van der Waals surface area contributed by atoms with Crippen molar-refractivity contribution in [2.24, 2.45) is 0 Å². The first-order chi connectivity index (χ1) is 14.5. The maximum absolute atomic E-state index is 12.8. The van der Waals surface area contributed by atoms with Gasteiger partial charge >= 0.3 is 6.09 Å². The maximum Gasteiger partial charge on any atom is 0.411 e.